The summed E-state index contributed by atoms with van der Waals surface area (Å²) in [5, 5.41) is 8.75. The Balaban J connectivity index is 1.51. The lowest BCUT2D eigenvalue weighted by Crippen LogP contribution is -2.43. The fourth-order valence-corrected chi connectivity index (χ4v) is 3.31. The maximum atomic E-state index is 12.1. The molecule has 0 saturated heterocycles. The van der Waals surface area contributed by atoms with E-state index in [1.807, 2.05) is 53.4 Å². The number of ether oxygens (including phenoxy) is 1. The van der Waals surface area contributed by atoms with E-state index in [2.05, 4.69) is 5.43 Å². The second-order valence-corrected chi connectivity index (χ2v) is 7.65. The minimum Gasteiger partial charge on any atom is -0.484 e. The van der Waals surface area contributed by atoms with E-state index in [1.54, 1.807) is 12.1 Å². The second-order valence-electron chi connectivity index (χ2n) is 5.97. The summed E-state index contributed by atoms with van der Waals surface area (Å²) in [5.74, 6) is -0.177. The van der Waals surface area contributed by atoms with Crippen LogP contribution in [0.5, 0.6) is 5.75 Å². The van der Waals surface area contributed by atoms with Crippen molar-refractivity contribution in [1.82, 2.24) is 10.3 Å². The summed E-state index contributed by atoms with van der Waals surface area (Å²) >= 11 is 0. The van der Waals surface area contributed by atoms with Gasteiger partial charge in [0.2, 0.25) is 0 Å². The monoisotopic (exact) mass is 407 g/mol. The summed E-state index contributed by atoms with van der Waals surface area (Å²) in [4.78, 5) is 13.8. The van der Waals surface area contributed by atoms with Gasteiger partial charge in [0.1, 0.15) is 5.75 Å². The van der Waals surface area contributed by atoms with Gasteiger partial charge in [0.25, 0.3) is 15.9 Å². The zero-order valence-electron chi connectivity index (χ0n) is 15.2. The SMILES string of the molecule is N#Cc1ccc(S(=O)(=O)NNC(=O)COc2ccc(-c3ccccc3)cc2)cc1. The third-order valence-electron chi connectivity index (χ3n) is 3.95. The van der Waals surface area contributed by atoms with Crippen LogP contribution in [0.2, 0.25) is 0 Å². The normalized spacial score (nSPS) is 10.7. The van der Waals surface area contributed by atoms with E-state index >= 15 is 0 Å². The first-order chi connectivity index (χ1) is 14.0. The largest absolute Gasteiger partial charge is 0.484 e. The Morgan fingerprint density at radius 1 is 0.897 bits per heavy atom. The van der Waals surface area contributed by atoms with Crippen molar-refractivity contribution in [2.24, 2.45) is 0 Å². The fraction of sp³-hybridized carbons (Fsp3) is 0.0476. The average molecular weight is 407 g/mol. The molecule has 0 fully saturated rings. The van der Waals surface area contributed by atoms with Crippen LogP contribution in [0, 0.1) is 11.3 Å². The van der Waals surface area contributed by atoms with Crippen molar-refractivity contribution in [2.45, 2.75) is 4.90 Å². The molecule has 0 bridgehead atoms. The number of benzene rings is 3. The van der Waals surface area contributed by atoms with Gasteiger partial charge < -0.3 is 4.74 Å². The van der Waals surface area contributed by atoms with Gasteiger partial charge in [-0.2, -0.15) is 5.26 Å². The van der Waals surface area contributed by atoms with Crippen LogP contribution < -0.4 is 15.0 Å². The number of amides is 1. The maximum Gasteiger partial charge on any atom is 0.272 e. The van der Waals surface area contributed by atoms with Crippen molar-refractivity contribution < 1.29 is 17.9 Å². The van der Waals surface area contributed by atoms with Crippen molar-refractivity contribution in [3.63, 3.8) is 0 Å². The lowest BCUT2D eigenvalue weighted by Gasteiger charge is -2.10. The van der Waals surface area contributed by atoms with Crippen molar-refractivity contribution >= 4 is 15.9 Å². The molecule has 0 heterocycles. The number of carbonyl (C=O) groups is 1. The van der Waals surface area contributed by atoms with Crippen molar-refractivity contribution in [2.75, 3.05) is 6.61 Å². The molecule has 0 unspecified atom stereocenters. The highest BCUT2D eigenvalue weighted by molar-refractivity contribution is 7.89. The minimum atomic E-state index is -3.95. The second kappa shape index (κ2) is 9.01. The molecule has 8 heteroatoms. The molecule has 0 aliphatic heterocycles. The van der Waals surface area contributed by atoms with Gasteiger partial charge >= 0.3 is 0 Å². The molecular formula is C21H17N3O4S. The van der Waals surface area contributed by atoms with E-state index in [0.29, 0.717) is 11.3 Å². The lowest BCUT2D eigenvalue weighted by molar-refractivity contribution is -0.123. The summed E-state index contributed by atoms with van der Waals surface area (Å²) in [6.45, 7) is -0.361. The molecule has 3 rings (SSSR count). The zero-order chi connectivity index (χ0) is 20.7. The molecule has 29 heavy (non-hydrogen) atoms. The van der Waals surface area contributed by atoms with Crippen LogP contribution in [0.1, 0.15) is 5.56 Å². The average Bonchev–Trinajstić information content (AvgIpc) is 2.77. The third kappa shape index (κ3) is 5.42. The zero-order valence-corrected chi connectivity index (χ0v) is 16.0. The van der Waals surface area contributed by atoms with Gasteiger partial charge in [0.05, 0.1) is 16.5 Å². The van der Waals surface area contributed by atoms with Crippen LogP contribution in [-0.2, 0) is 14.8 Å². The van der Waals surface area contributed by atoms with Crippen molar-refractivity contribution in [1.29, 1.82) is 5.26 Å². The van der Waals surface area contributed by atoms with E-state index in [4.69, 9.17) is 10.00 Å². The molecule has 0 saturated carbocycles. The summed E-state index contributed by atoms with van der Waals surface area (Å²) in [7, 11) is -3.95. The topological polar surface area (TPSA) is 108 Å². The molecule has 0 aliphatic carbocycles. The van der Waals surface area contributed by atoms with Gasteiger partial charge in [0, 0.05) is 0 Å². The van der Waals surface area contributed by atoms with Crippen LogP contribution in [0.3, 0.4) is 0 Å². The van der Waals surface area contributed by atoms with E-state index in [-0.39, 0.29) is 11.5 Å². The molecule has 0 radical (unpaired) electrons. The minimum absolute atomic E-state index is 0.0748. The van der Waals surface area contributed by atoms with Crippen LogP contribution >= 0.6 is 0 Å². The van der Waals surface area contributed by atoms with Crippen LogP contribution in [0.4, 0.5) is 0 Å². The number of nitrogens with one attached hydrogen (secondary N) is 2. The summed E-state index contributed by atoms with van der Waals surface area (Å²) in [5.41, 5.74) is 4.50. The number of rotatable bonds is 7. The molecular weight excluding hydrogens is 390 g/mol. The quantitative estimate of drug-likeness (QED) is 0.585. The smallest absolute Gasteiger partial charge is 0.272 e. The highest BCUT2D eigenvalue weighted by atomic mass is 32.2. The number of hydrazine groups is 1. The van der Waals surface area contributed by atoms with Crippen LogP contribution in [-0.4, -0.2) is 20.9 Å². The predicted octanol–water partition coefficient (Wildman–Crippen LogP) is 2.61. The number of sulfonamides is 1. The molecule has 3 aromatic rings. The van der Waals surface area contributed by atoms with Crippen molar-refractivity contribution in [3.8, 4) is 22.9 Å². The van der Waals surface area contributed by atoms with Crippen molar-refractivity contribution in [3.05, 3.63) is 84.4 Å². The van der Waals surface area contributed by atoms with E-state index < -0.39 is 15.9 Å². The van der Waals surface area contributed by atoms with Gasteiger partial charge in [-0.15, -0.1) is 4.83 Å². The summed E-state index contributed by atoms with van der Waals surface area (Å²) in [6.07, 6.45) is 0. The first kappa shape index (κ1) is 20.1. The Bertz CT molecular complexity index is 1120. The van der Waals surface area contributed by atoms with Crippen LogP contribution in [0.15, 0.2) is 83.8 Å². The summed E-state index contributed by atoms with van der Waals surface area (Å²) < 4.78 is 29.6. The standard InChI is InChI=1S/C21H17N3O4S/c22-14-16-6-12-20(13-7-16)29(26,27)24-23-21(25)15-28-19-10-8-18(9-11-19)17-4-2-1-3-5-17/h1-13,24H,15H2,(H,23,25). The Morgan fingerprint density at radius 3 is 2.14 bits per heavy atom. The Hall–Kier alpha value is -3.67. The van der Waals surface area contributed by atoms with E-state index in [1.165, 1.54) is 24.3 Å². The first-order valence-corrected chi connectivity index (χ1v) is 10.1. The maximum absolute atomic E-state index is 12.1. The molecule has 1 amide bonds. The highest BCUT2D eigenvalue weighted by Gasteiger charge is 2.15. The molecule has 0 atom stereocenters. The lowest BCUT2D eigenvalue weighted by atomic mass is 10.1. The Labute approximate surface area is 168 Å². The third-order valence-corrected chi connectivity index (χ3v) is 5.21. The number of nitriles is 1. The molecule has 2 N–H and O–H groups in total. The molecule has 0 aromatic heterocycles. The summed E-state index contributed by atoms with van der Waals surface area (Å²) in [6, 6.07) is 24.2. The number of nitrogens with zero attached hydrogens (tertiary/aromatic N) is 1. The predicted molar refractivity (Wildman–Crippen MR) is 107 cm³/mol. The first-order valence-electron chi connectivity index (χ1n) is 8.57. The van der Waals surface area contributed by atoms with Gasteiger partial charge in [-0.1, -0.05) is 42.5 Å². The number of hydrogen-bond donors (Lipinski definition) is 2. The van der Waals surface area contributed by atoms with E-state index in [0.717, 1.165) is 11.1 Å². The van der Waals surface area contributed by atoms with Gasteiger partial charge in [-0.25, -0.2) is 8.42 Å². The van der Waals surface area contributed by atoms with E-state index in [9.17, 15) is 13.2 Å². The fourth-order valence-electron chi connectivity index (χ4n) is 2.45. The number of hydrogen-bond acceptors (Lipinski definition) is 5. The Morgan fingerprint density at radius 2 is 1.52 bits per heavy atom. The van der Waals surface area contributed by atoms with Gasteiger partial charge in [-0.05, 0) is 47.5 Å². The van der Waals surface area contributed by atoms with Gasteiger partial charge in [0.15, 0.2) is 6.61 Å². The molecule has 0 spiro atoms. The van der Waals surface area contributed by atoms with Gasteiger partial charge in [-0.3, -0.25) is 10.2 Å². The number of carbonyl (C=O) groups excluding carboxylic acids is 1. The molecule has 7 nitrogen and oxygen atoms in total. The highest BCUT2D eigenvalue weighted by Crippen LogP contribution is 2.21. The molecule has 3 aromatic carbocycles. The molecule has 0 aliphatic rings. The Kier molecular flexibility index (Phi) is 6.24. The van der Waals surface area contributed by atoms with Crippen LogP contribution in [0.25, 0.3) is 11.1 Å². The molecule has 146 valence electrons.